The highest BCUT2D eigenvalue weighted by Crippen LogP contribution is 2.26. The fourth-order valence-corrected chi connectivity index (χ4v) is 2.79. The molecule has 1 aromatic heterocycles. The number of ether oxygens (including phenoxy) is 1. The molecule has 2 N–H and O–H groups in total. The number of pyridine rings is 1. The topological polar surface area (TPSA) is 58.5 Å². The Balaban J connectivity index is 0.00000288. The van der Waals surface area contributed by atoms with E-state index in [0.29, 0.717) is 12.6 Å². The van der Waals surface area contributed by atoms with Crippen LogP contribution in [0.1, 0.15) is 51.5 Å². The highest BCUT2D eigenvalue weighted by Gasteiger charge is 2.19. The summed E-state index contributed by atoms with van der Waals surface area (Å²) in [6, 6.07) is 4.04. The third-order valence-electron chi connectivity index (χ3n) is 4.28. The van der Waals surface area contributed by atoms with Crippen molar-refractivity contribution in [3.63, 3.8) is 0 Å². The molecule has 0 radical (unpaired) electrons. The average Bonchev–Trinajstić information content (AvgIpc) is 2.57. The maximum atomic E-state index is 6.06. The second kappa shape index (κ2) is 11.5. The number of rotatable bonds is 6. The molecule has 1 aliphatic carbocycles. The Morgan fingerprint density at radius 2 is 2.04 bits per heavy atom. The van der Waals surface area contributed by atoms with E-state index in [4.69, 9.17) is 4.74 Å². The summed E-state index contributed by atoms with van der Waals surface area (Å²) >= 11 is 0. The summed E-state index contributed by atoms with van der Waals surface area (Å²) in [5.74, 6) is 2.40. The van der Waals surface area contributed by atoms with Gasteiger partial charge in [0.15, 0.2) is 5.96 Å². The van der Waals surface area contributed by atoms with Crippen LogP contribution in [0.15, 0.2) is 23.3 Å². The molecule has 0 aliphatic heterocycles. The molecule has 0 saturated heterocycles. The zero-order valence-corrected chi connectivity index (χ0v) is 17.4. The Kier molecular flexibility index (Phi) is 10.1. The molecule has 1 aliphatic rings. The lowest BCUT2D eigenvalue weighted by Gasteiger charge is -2.26. The zero-order valence-electron chi connectivity index (χ0n) is 15.0. The predicted octanol–water partition coefficient (Wildman–Crippen LogP) is 3.73. The van der Waals surface area contributed by atoms with Gasteiger partial charge < -0.3 is 15.4 Å². The molecule has 0 aromatic carbocycles. The largest absolute Gasteiger partial charge is 0.474 e. The van der Waals surface area contributed by atoms with Crippen molar-refractivity contribution in [2.45, 2.75) is 58.6 Å². The summed E-state index contributed by atoms with van der Waals surface area (Å²) in [5, 5.41) is 6.58. The Morgan fingerprint density at radius 1 is 1.29 bits per heavy atom. The monoisotopic (exact) mass is 446 g/mol. The summed E-state index contributed by atoms with van der Waals surface area (Å²) in [6.45, 7) is 6.09. The minimum absolute atomic E-state index is 0. The van der Waals surface area contributed by atoms with Crippen molar-refractivity contribution in [2.24, 2.45) is 10.9 Å². The fraction of sp³-hybridized carbons (Fsp3) is 0.667. The van der Waals surface area contributed by atoms with Crippen LogP contribution in [-0.2, 0) is 6.54 Å². The molecule has 0 bridgehead atoms. The lowest BCUT2D eigenvalue weighted by atomic mass is 9.89. The quantitative estimate of drug-likeness (QED) is 0.397. The SMILES string of the molecule is CCCNC(=NC)NCc1ccnc(OC2CCC(C)CC2)c1.I. The van der Waals surface area contributed by atoms with E-state index in [2.05, 4.69) is 34.5 Å². The maximum absolute atomic E-state index is 6.06. The second-order valence-electron chi connectivity index (χ2n) is 6.35. The molecule has 1 saturated carbocycles. The molecule has 0 atom stereocenters. The number of aromatic nitrogens is 1. The first kappa shape index (κ1) is 21.0. The van der Waals surface area contributed by atoms with Crippen LogP contribution in [0.4, 0.5) is 0 Å². The first-order valence-electron chi connectivity index (χ1n) is 8.77. The second-order valence-corrected chi connectivity index (χ2v) is 6.35. The van der Waals surface area contributed by atoms with Crippen molar-refractivity contribution >= 4 is 29.9 Å². The molecular formula is C18H31IN4O. The van der Waals surface area contributed by atoms with Gasteiger partial charge in [-0.2, -0.15) is 0 Å². The predicted molar refractivity (Wildman–Crippen MR) is 110 cm³/mol. The molecule has 5 nitrogen and oxygen atoms in total. The molecule has 6 heteroatoms. The van der Waals surface area contributed by atoms with Crippen molar-refractivity contribution < 1.29 is 4.74 Å². The van der Waals surface area contributed by atoms with Crippen LogP contribution in [0.2, 0.25) is 0 Å². The van der Waals surface area contributed by atoms with E-state index < -0.39 is 0 Å². The van der Waals surface area contributed by atoms with Gasteiger partial charge in [0.05, 0.1) is 0 Å². The Bertz CT molecular complexity index is 502. The van der Waals surface area contributed by atoms with Gasteiger partial charge in [-0.3, -0.25) is 4.99 Å². The summed E-state index contributed by atoms with van der Waals surface area (Å²) in [6.07, 6.45) is 8.00. The van der Waals surface area contributed by atoms with E-state index >= 15 is 0 Å². The number of halogens is 1. The van der Waals surface area contributed by atoms with Gasteiger partial charge in [-0.15, -0.1) is 24.0 Å². The minimum atomic E-state index is 0. The summed E-state index contributed by atoms with van der Waals surface area (Å²) in [7, 11) is 1.79. The van der Waals surface area contributed by atoms with E-state index in [-0.39, 0.29) is 24.0 Å². The van der Waals surface area contributed by atoms with Crippen molar-refractivity contribution in [2.75, 3.05) is 13.6 Å². The van der Waals surface area contributed by atoms with Crippen LogP contribution in [0.3, 0.4) is 0 Å². The van der Waals surface area contributed by atoms with E-state index in [0.717, 1.165) is 49.1 Å². The van der Waals surface area contributed by atoms with Gasteiger partial charge in [0.25, 0.3) is 0 Å². The summed E-state index contributed by atoms with van der Waals surface area (Å²) < 4.78 is 6.06. The number of nitrogens with zero attached hydrogens (tertiary/aromatic N) is 2. The van der Waals surface area contributed by atoms with Crippen molar-refractivity contribution in [3.8, 4) is 5.88 Å². The molecular weight excluding hydrogens is 415 g/mol. The van der Waals surface area contributed by atoms with Crippen LogP contribution >= 0.6 is 24.0 Å². The smallest absolute Gasteiger partial charge is 0.213 e. The molecule has 24 heavy (non-hydrogen) atoms. The first-order valence-corrected chi connectivity index (χ1v) is 8.77. The normalized spacial score (nSPS) is 20.9. The van der Waals surface area contributed by atoms with Crippen molar-refractivity contribution in [3.05, 3.63) is 23.9 Å². The number of guanidine groups is 1. The molecule has 0 unspecified atom stereocenters. The van der Waals surface area contributed by atoms with Crippen molar-refractivity contribution in [1.82, 2.24) is 15.6 Å². The summed E-state index contributed by atoms with van der Waals surface area (Å²) in [4.78, 5) is 8.56. The Morgan fingerprint density at radius 3 is 2.71 bits per heavy atom. The van der Waals surface area contributed by atoms with Gasteiger partial charge >= 0.3 is 0 Å². The number of hydrogen-bond donors (Lipinski definition) is 2. The molecule has 136 valence electrons. The van der Waals surface area contributed by atoms with Gasteiger partial charge in [-0.1, -0.05) is 13.8 Å². The van der Waals surface area contributed by atoms with E-state index in [1.807, 2.05) is 18.3 Å². The molecule has 0 amide bonds. The van der Waals surface area contributed by atoms with Crippen LogP contribution in [0.25, 0.3) is 0 Å². The third kappa shape index (κ3) is 7.23. The van der Waals surface area contributed by atoms with Gasteiger partial charge in [-0.05, 0) is 49.7 Å². The van der Waals surface area contributed by atoms with E-state index in [9.17, 15) is 0 Å². The lowest BCUT2D eigenvalue weighted by molar-refractivity contribution is 0.130. The van der Waals surface area contributed by atoms with Crippen LogP contribution < -0.4 is 15.4 Å². The van der Waals surface area contributed by atoms with Gasteiger partial charge in [0.2, 0.25) is 5.88 Å². The molecule has 1 heterocycles. The maximum Gasteiger partial charge on any atom is 0.213 e. The summed E-state index contributed by atoms with van der Waals surface area (Å²) in [5.41, 5.74) is 1.15. The van der Waals surface area contributed by atoms with Gasteiger partial charge in [0, 0.05) is 32.4 Å². The van der Waals surface area contributed by atoms with Crippen molar-refractivity contribution in [1.29, 1.82) is 0 Å². The third-order valence-corrected chi connectivity index (χ3v) is 4.28. The zero-order chi connectivity index (χ0) is 16.5. The fourth-order valence-electron chi connectivity index (χ4n) is 2.79. The molecule has 2 rings (SSSR count). The highest BCUT2D eigenvalue weighted by atomic mass is 127. The van der Waals surface area contributed by atoms with E-state index in [1.165, 1.54) is 12.8 Å². The highest BCUT2D eigenvalue weighted by molar-refractivity contribution is 14.0. The van der Waals surface area contributed by atoms with Crippen LogP contribution in [0, 0.1) is 5.92 Å². The van der Waals surface area contributed by atoms with Crippen LogP contribution in [-0.4, -0.2) is 30.6 Å². The lowest BCUT2D eigenvalue weighted by Crippen LogP contribution is -2.37. The number of aliphatic imine (C=N–C) groups is 1. The van der Waals surface area contributed by atoms with E-state index in [1.54, 1.807) is 7.05 Å². The standard InChI is InChI=1S/C18H30N4O.HI/c1-4-10-21-18(19-3)22-13-15-9-11-20-17(12-15)23-16-7-5-14(2)6-8-16;/h9,11-12,14,16H,4-8,10,13H2,1-3H3,(H2,19,21,22);1H. The van der Waals surface area contributed by atoms with Crippen LogP contribution in [0.5, 0.6) is 5.88 Å². The number of nitrogens with one attached hydrogen (secondary N) is 2. The average molecular weight is 446 g/mol. The number of hydrogen-bond acceptors (Lipinski definition) is 3. The minimum Gasteiger partial charge on any atom is -0.474 e. The molecule has 1 aromatic rings. The van der Waals surface area contributed by atoms with Gasteiger partial charge in [0.1, 0.15) is 6.10 Å². The van der Waals surface area contributed by atoms with Gasteiger partial charge in [-0.25, -0.2) is 4.98 Å². The molecule has 1 fully saturated rings. The molecule has 0 spiro atoms. The Hall–Kier alpha value is -1.05. The Labute approximate surface area is 163 Å². The first-order chi connectivity index (χ1) is 11.2.